The van der Waals surface area contributed by atoms with Gasteiger partial charge >= 0.3 is 0 Å². The third-order valence-electron chi connectivity index (χ3n) is 7.14. The average Bonchev–Trinajstić information content (AvgIpc) is 3.06. The summed E-state index contributed by atoms with van der Waals surface area (Å²) in [7, 11) is -8.42. The lowest BCUT2D eigenvalue weighted by atomic mass is 10.1. The second-order valence-electron chi connectivity index (χ2n) is 9.89. The van der Waals surface area contributed by atoms with Crippen LogP contribution in [0.5, 0.6) is 23.0 Å². The fourth-order valence-electron chi connectivity index (χ4n) is 4.48. The van der Waals surface area contributed by atoms with Gasteiger partial charge in [0.2, 0.25) is 0 Å². The summed E-state index contributed by atoms with van der Waals surface area (Å²) in [6.07, 6.45) is 0. The van der Waals surface area contributed by atoms with E-state index in [1.54, 1.807) is 19.2 Å². The predicted octanol–water partition coefficient (Wildman–Crippen LogP) is 5.97. The molecule has 0 fully saturated rings. The summed E-state index contributed by atoms with van der Waals surface area (Å²) in [5.41, 5.74) is 0.146. The van der Waals surface area contributed by atoms with Gasteiger partial charge in [-0.05, 0) is 36.4 Å². The first-order chi connectivity index (χ1) is 22.5. The second kappa shape index (κ2) is 13.7. The van der Waals surface area contributed by atoms with Crippen LogP contribution in [0.1, 0.15) is 13.8 Å². The molecule has 0 bridgehead atoms. The monoisotopic (exact) mass is 721 g/mol. The van der Waals surface area contributed by atoms with Gasteiger partial charge in [-0.2, -0.15) is 8.42 Å². The Labute approximate surface area is 276 Å². The summed E-state index contributed by atoms with van der Waals surface area (Å²) in [4.78, 5) is -1.69. The van der Waals surface area contributed by atoms with Crippen molar-refractivity contribution in [3.8, 4) is 23.0 Å². The lowest BCUT2D eigenvalue weighted by molar-refractivity contribution is 0.393. The van der Waals surface area contributed by atoms with Gasteiger partial charge in [0.05, 0.1) is 36.3 Å². The van der Waals surface area contributed by atoms with E-state index < -0.39 is 62.5 Å². The van der Waals surface area contributed by atoms with Gasteiger partial charge < -0.3 is 25.0 Å². The molecular weight excluding hydrogens is 691 g/mol. The highest BCUT2D eigenvalue weighted by Gasteiger charge is 2.25. The molecule has 0 radical (unpaired) electrons. The molecule has 48 heavy (non-hydrogen) atoms. The van der Waals surface area contributed by atoms with Gasteiger partial charge in [0.1, 0.15) is 44.0 Å². The molecule has 0 unspecified atom stereocenters. The van der Waals surface area contributed by atoms with Gasteiger partial charge in [-0.1, -0.05) is 13.8 Å². The van der Waals surface area contributed by atoms with Crippen molar-refractivity contribution in [3.63, 3.8) is 0 Å². The highest BCUT2D eigenvalue weighted by molar-refractivity contribution is 7.91. The number of phenolic OH excluding ortho intramolecular Hbond substituents is 2. The molecule has 0 saturated heterocycles. The van der Waals surface area contributed by atoms with Crippen LogP contribution in [0.4, 0.5) is 28.4 Å². The molecule has 4 N–H and O–H groups in total. The SMILES string of the molecule is CCS(=O)(=O)c1cc(N=Nc2ccc3c(N=Nc4cc(OC)c(S(=O)(=O)CC)cc4OC)c(NC)ccc3c2O)c(O)c(S(=O)(=O)O)c1. The number of nitrogens with one attached hydrogen (secondary N) is 1. The first kappa shape index (κ1) is 36.0. The summed E-state index contributed by atoms with van der Waals surface area (Å²) in [6, 6.07) is 10.2. The molecule has 0 amide bonds. The molecular formula is C29H31N5O11S3. The van der Waals surface area contributed by atoms with Crippen molar-refractivity contribution in [2.45, 2.75) is 28.5 Å². The van der Waals surface area contributed by atoms with E-state index in [-0.39, 0.29) is 44.6 Å². The van der Waals surface area contributed by atoms with Crippen molar-refractivity contribution in [2.24, 2.45) is 20.5 Å². The molecule has 0 spiro atoms. The van der Waals surface area contributed by atoms with E-state index in [0.29, 0.717) is 17.1 Å². The molecule has 19 heteroatoms. The summed E-state index contributed by atoms with van der Waals surface area (Å²) in [5.74, 6) is -1.88. The third kappa shape index (κ3) is 7.03. The Bertz CT molecular complexity index is 2310. The molecule has 4 aromatic carbocycles. The van der Waals surface area contributed by atoms with E-state index in [1.165, 1.54) is 52.3 Å². The normalized spacial score (nSPS) is 12.6. The van der Waals surface area contributed by atoms with Crippen molar-refractivity contribution in [2.75, 3.05) is 38.1 Å². The number of fused-ring (bicyclic) bond motifs is 1. The zero-order valence-corrected chi connectivity index (χ0v) is 28.6. The van der Waals surface area contributed by atoms with Gasteiger partial charge in [-0.25, -0.2) is 16.8 Å². The molecule has 0 atom stereocenters. The van der Waals surface area contributed by atoms with Crippen LogP contribution in [0.15, 0.2) is 83.7 Å². The van der Waals surface area contributed by atoms with Crippen LogP contribution in [0, 0.1) is 0 Å². The van der Waals surface area contributed by atoms with Gasteiger partial charge in [0.25, 0.3) is 10.1 Å². The van der Waals surface area contributed by atoms with Crippen molar-refractivity contribution in [1.82, 2.24) is 0 Å². The first-order valence-corrected chi connectivity index (χ1v) is 18.6. The van der Waals surface area contributed by atoms with Crippen LogP contribution in [0.2, 0.25) is 0 Å². The minimum absolute atomic E-state index is 0.0404. The van der Waals surface area contributed by atoms with Gasteiger partial charge in [-0.15, -0.1) is 20.5 Å². The van der Waals surface area contributed by atoms with Crippen molar-refractivity contribution in [1.29, 1.82) is 0 Å². The largest absolute Gasteiger partial charge is 0.505 e. The topological polar surface area (TPSA) is 243 Å². The van der Waals surface area contributed by atoms with Crippen LogP contribution < -0.4 is 14.8 Å². The van der Waals surface area contributed by atoms with Crippen molar-refractivity contribution >= 4 is 69.0 Å². The quantitative estimate of drug-likeness (QED) is 0.0976. The number of aromatic hydroxyl groups is 2. The summed E-state index contributed by atoms with van der Waals surface area (Å²) < 4.78 is 94.0. The molecule has 0 aliphatic heterocycles. The Hall–Kier alpha value is -4.85. The van der Waals surface area contributed by atoms with Crippen LogP contribution in [-0.2, 0) is 29.8 Å². The number of hydrogen-bond acceptors (Lipinski definition) is 15. The lowest BCUT2D eigenvalue weighted by Gasteiger charge is -2.13. The van der Waals surface area contributed by atoms with E-state index in [9.17, 15) is 40.0 Å². The Kier molecular flexibility index (Phi) is 10.3. The van der Waals surface area contributed by atoms with Crippen LogP contribution in [-0.4, -0.2) is 72.8 Å². The van der Waals surface area contributed by atoms with Crippen LogP contribution >= 0.6 is 0 Å². The van der Waals surface area contributed by atoms with Crippen molar-refractivity contribution < 1.29 is 49.5 Å². The molecule has 256 valence electrons. The molecule has 0 aliphatic rings. The number of azo groups is 2. The van der Waals surface area contributed by atoms with Crippen LogP contribution in [0.25, 0.3) is 10.8 Å². The Morgan fingerprint density at radius 3 is 1.85 bits per heavy atom. The minimum Gasteiger partial charge on any atom is -0.505 e. The number of nitrogens with zero attached hydrogens (tertiary/aromatic N) is 4. The molecule has 0 aromatic heterocycles. The molecule has 0 heterocycles. The number of benzene rings is 4. The fraction of sp³-hybridized carbons (Fsp3) is 0.241. The minimum atomic E-state index is -5.05. The zero-order chi connectivity index (χ0) is 35.6. The van der Waals surface area contributed by atoms with Gasteiger partial charge in [0.15, 0.2) is 31.2 Å². The van der Waals surface area contributed by atoms with E-state index in [1.807, 2.05) is 0 Å². The number of methoxy groups -OCH3 is 2. The number of ether oxygens (including phenoxy) is 2. The van der Waals surface area contributed by atoms with Crippen molar-refractivity contribution in [3.05, 3.63) is 48.5 Å². The van der Waals surface area contributed by atoms with E-state index >= 15 is 0 Å². The first-order valence-electron chi connectivity index (χ1n) is 13.9. The molecule has 16 nitrogen and oxygen atoms in total. The summed E-state index contributed by atoms with van der Waals surface area (Å²) in [6.45, 7) is 2.82. The summed E-state index contributed by atoms with van der Waals surface area (Å²) in [5, 5.41) is 41.5. The number of sulfone groups is 2. The molecule has 0 saturated carbocycles. The maximum atomic E-state index is 12.6. The standard InChI is InChI=1S/C29H31N5O11S3/c1-6-46(37,38)16-12-22(29(36)26(13-16)48(41,42)43)33-31-20-11-8-17-18(28(20)35)9-10-19(30-3)27(17)34-32-21-14-24(45-5)25(15-23(21)44-4)47(39,40)7-2/h8-15,30,35-36H,6-7H2,1-5H3,(H,41,42,43). The van der Waals surface area contributed by atoms with Gasteiger partial charge in [-0.3, -0.25) is 4.55 Å². The Morgan fingerprint density at radius 1 is 0.667 bits per heavy atom. The number of hydrogen-bond donors (Lipinski definition) is 4. The lowest BCUT2D eigenvalue weighted by Crippen LogP contribution is -2.06. The second-order valence-corrected chi connectivity index (χ2v) is 15.8. The highest BCUT2D eigenvalue weighted by Crippen LogP contribution is 2.45. The zero-order valence-electron chi connectivity index (χ0n) is 26.2. The van der Waals surface area contributed by atoms with Crippen LogP contribution in [0.3, 0.4) is 0 Å². The van der Waals surface area contributed by atoms with Gasteiger partial charge in [0, 0.05) is 30.0 Å². The maximum Gasteiger partial charge on any atom is 0.298 e. The highest BCUT2D eigenvalue weighted by atomic mass is 32.2. The summed E-state index contributed by atoms with van der Waals surface area (Å²) >= 11 is 0. The number of phenols is 2. The van der Waals surface area contributed by atoms with E-state index in [4.69, 9.17) is 9.47 Å². The number of rotatable bonds is 12. The fourth-order valence-corrected chi connectivity index (χ4v) is 7.15. The molecule has 4 aromatic rings. The Balaban J connectivity index is 1.84. The molecule has 0 aliphatic carbocycles. The molecule has 4 rings (SSSR count). The predicted molar refractivity (Wildman–Crippen MR) is 176 cm³/mol. The van der Waals surface area contributed by atoms with E-state index in [0.717, 1.165) is 6.07 Å². The smallest absolute Gasteiger partial charge is 0.298 e. The maximum absolute atomic E-state index is 12.6. The van der Waals surface area contributed by atoms with E-state index in [2.05, 4.69) is 25.8 Å². The average molecular weight is 722 g/mol. The Morgan fingerprint density at radius 2 is 1.27 bits per heavy atom. The number of anilines is 1. The third-order valence-corrected chi connectivity index (χ3v) is 11.5.